The SMILES string of the molecule is CC1(C)C(=O)[C@H]2CC[C@@H]1C2. The number of hydrogen-bond acceptors (Lipinski definition) is 1. The zero-order chi connectivity index (χ0) is 7.35. The Labute approximate surface area is 61.8 Å². The number of ketones is 1. The van der Waals surface area contributed by atoms with Crippen LogP contribution in [0.5, 0.6) is 0 Å². The Morgan fingerprint density at radius 2 is 2.10 bits per heavy atom. The molecule has 2 fully saturated rings. The van der Waals surface area contributed by atoms with Crippen molar-refractivity contribution in [3.63, 3.8) is 0 Å². The highest BCUT2D eigenvalue weighted by molar-refractivity contribution is 5.89. The molecule has 0 radical (unpaired) electrons. The standard InChI is InChI=1S/C9H14O/c1-9(2)7-4-3-6(5-7)8(9)10/h6-7H,3-5H2,1-2H3/t6-,7+/m0/s1. The van der Waals surface area contributed by atoms with Gasteiger partial charge in [0.25, 0.3) is 0 Å². The first-order valence-corrected chi connectivity index (χ1v) is 4.16. The van der Waals surface area contributed by atoms with E-state index in [4.69, 9.17) is 0 Å². The van der Waals surface area contributed by atoms with Gasteiger partial charge >= 0.3 is 0 Å². The molecule has 0 spiro atoms. The third-order valence-electron chi connectivity index (χ3n) is 3.46. The average molecular weight is 138 g/mol. The normalized spacial score (nSPS) is 42.8. The van der Waals surface area contributed by atoms with Crippen LogP contribution in [-0.2, 0) is 4.79 Å². The predicted octanol–water partition coefficient (Wildman–Crippen LogP) is 2.01. The topological polar surface area (TPSA) is 17.1 Å². The summed E-state index contributed by atoms with van der Waals surface area (Å²) in [4.78, 5) is 11.5. The van der Waals surface area contributed by atoms with Gasteiger partial charge in [-0.3, -0.25) is 4.79 Å². The molecule has 2 saturated carbocycles. The molecule has 0 aliphatic heterocycles. The van der Waals surface area contributed by atoms with Gasteiger partial charge in [0.1, 0.15) is 5.78 Å². The molecule has 0 aromatic heterocycles. The molecule has 56 valence electrons. The van der Waals surface area contributed by atoms with E-state index in [2.05, 4.69) is 13.8 Å². The largest absolute Gasteiger partial charge is 0.299 e. The lowest BCUT2D eigenvalue weighted by Crippen LogP contribution is -2.30. The van der Waals surface area contributed by atoms with E-state index in [0.717, 1.165) is 0 Å². The molecule has 1 nitrogen and oxygen atoms in total. The van der Waals surface area contributed by atoms with Crippen molar-refractivity contribution in [2.75, 3.05) is 0 Å². The quantitative estimate of drug-likeness (QED) is 0.500. The number of rotatable bonds is 0. The fourth-order valence-electron chi connectivity index (χ4n) is 2.60. The summed E-state index contributed by atoms with van der Waals surface area (Å²) in [5.41, 5.74) is 0.0307. The van der Waals surface area contributed by atoms with Gasteiger partial charge in [-0.15, -0.1) is 0 Å². The summed E-state index contributed by atoms with van der Waals surface area (Å²) in [6.45, 7) is 4.22. The van der Waals surface area contributed by atoms with Crippen LogP contribution in [0.15, 0.2) is 0 Å². The Morgan fingerprint density at radius 3 is 2.40 bits per heavy atom. The van der Waals surface area contributed by atoms with Crippen molar-refractivity contribution in [2.45, 2.75) is 33.1 Å². The first-order chi connectivity index (χ1) is 4.62. The molecule has 1 heteroatoms. The monoisotopic (exact) mass is 138 g/mol. The summed E-state index contributed by atoms with van der Waals surface area (Å²) in [7, 11) is 0. The predicted molar refractivity (Wildman–Crippen MR) is 39.6 cm³/mol. The van der Waals surface area contributed by atoms with Gasteiger partial charge < -0.3 is 0 Å². The number of carbonyl (C=O) groups is 1. The highest BCUT2D eigenvalue weighted by Crippen LogP contribution is 2.52. The van der Waals surface area contributed by atoms with Crippen molar-refractivity contribution >= 4 is 5.78 Å². The van der Waals surface area contributed by atoms with Gasteiger partial charge in [0.2, 0.25) is 0 Å². The van der Waals surface area contributed by atoms with Crippen LogP contribution < -0.4 is 0 Å². The summed E-state index contributed by atoms with van der Waals surface area (Å²) < 4.78 is 0. The maximum Gasteiger partial charge on any atom is 0.141 e. The minimum Gasteiger partial charge on any atom is -0.299 e. The molecular formula is C9H14O. The van der Waals surface area contributed by atoms with E-state index in [1.165, 1.54) is 19.3 Å². The maximum atomic E-state index is 11.5. The van der Waals surface area contributed by atoms with Crippen molar-refractivity contribution in [3.05, 3.63) is 0 Å². The van der Waals surface area contributed by atoms with E-state index >= 15 is 0 Å². The Bertz CT molecular complexity index is 181. The van der Waals surface area contributed by atoms with Crippen molar-refractivity contribution in [1.29, 1.82) is 0 Å². The Hall–Kier alpha value is -0.330. The molecule has 0 saturated heterocycles. The lowest BCUT2D eigenvalue weighted by atomic mass is 9.76. The Kier molecular flexibility index (Phi) is 1.04. The fourth-order valence-corrected chi connectivity index (χ4v) is 2.60. The van der Waals surface area contributed by atoms with E-state index in [0.29, 0.717) is 17.6 Å². The van der Waals surface area contributed by atoms with Crippen LogP contribution in [-0.4, -0.2) is 5.78 Å². The summed E-state index contributed by atoms with van der Waals surface area (Å²) in [5.74, 6) is 1.69. The Morgan fingerprint density at radius 1 is 1.40 bits per heavy atom. The fraction of sp³-hybridized carbons (Fsp3) is 0.889. The molecule has 2 aliphatic carbocycles. The summed E-state index contributed by atoms with van der Waals surface area (Å²) in [6.07, 6.45) is 3.65. The van der Waals surface area contributed by atoms with Crippen molar-refractivity contribution in [2.24, 2.45) is 17.3 Å². The number of hydrogen-bond donors (Lipinski definition) is 0. The van der Waals surface area contributed by atoms with Crippen molar-refractivity contribution < 1.29 is 4.79 Å². The van der Waals surface area contributed by atoms with Gasteiger partial charge in [0, 0.05) is 11.3 Å². The van der Waals surface area contributed by atoms with E-state index in [1.54, 1.807) is 0 Å². The smallest absolute Gasteiger partial charge is 0.141 e. The van der Waals surface area contributed by atoms with Crippen LogP contribution in [0, 0.1) is 17.3 Å². The first kappa shape index (κ1) is 6.38. The molecule has 2 bridgehead atoms. The first-order valence-electron chi connectivity index (χ1n) is 4.16. The minimum absolute atomic E-state index is 0.0307. The highest BCUT2D eigenvalue weighted by atomic mass is 16.1. The average Bonchev–Trinajstić information content (AvgIpc) is 2.37. The molecular weight excluding hydrogens is 124 g/mol. The second-order valence-corrected chi connectivity index (χ2v) is 4.29. The van der Waals surface area contributed by atoms with Crippen LogP contribution in [0.2, 0.25) is 0 Å². The zero-order valence-electron chi connectivity index (χ0n) is 6.68. The molecule has 10 heavy (non-hydrogen) atoms. The van der Waals surface area contributed by atoms with Gasteiger partial charge in [-0.1, -0.05) is 13.8 Å². The van der Waals surface area contributed by atoms with Crippen LogP contribution in [0.1, 0.15) is 33.1 Å². The molecule has 2 aliphatic rings. The third kappa shape index (κ3) is 0.561. The number of carbonyl (C=O) groups excluding carboxylic acids is 1. The van der Waals surface area contributed by atoms with Crippen LogP contribution >= 0.6 is 0 Å². The maximum absolute atomic E-state index is 11.5. The van der Waals surface area contributed by atoms with E-state index in [-0.39, 0.29) is 5.41 Å². The van der Waals surface area contributed by atoms with Crippen LogP contribution in [0.3, 0.4) is 0 Å². The van der Waals surface area contributed by atoms with Crippen LogP contribution in [0.4, 0.5) is 0 Å². The summed E-state index contributed by atoms with van der Waals surface area (Å²) in [6, 6.07) is 0. The molecule has 2 rings (SSSR count). The highest BCUT2D eigenvalue weighted by Gasteiger charge is 2.51. The molecule has 2 atom stereocenters. The number of Topliss-reactive ketones (excluding diaryl/α,β-unsaturated/α-hetero) is 1. The lowest BCUT2D eigenvalue weighted by Gasteiger charge is -2.27. The molecule has 0 aromatic rings. The van der Waals surface area contributed by atoms with Crippen molar-refractivity contribution in [3.8, 4) is 0 Å². The summed E-state index contributed by atoms with van der Waals surface area (Å²) in [5, 5.41) is 0. The lowest BCUT2D eigenvalue weighted by molar-refractivity contribution is -0.130. The second-order valence-electron chi connectivity index (χ2n) is 4.29. The van der Waals surface area contributed by atoms with E-state index in [9.17, 15) is 4.79 Å². The molecule has 0 amide bonds. The molecule has 0 aromatic carbocycles. The van der Waals surface area contributed by atoms with E-state index < -0.39 is 0 Å². The van der Waals surface area contributed by atoms with Gasteiger partial charge in [0.15, 0.2) is 0 Å². The van der Waals surface area contributed by atoms with Crippen molar-refractivity contribution in [1.82, 2.24) is 0 Å². The number of fused-ring (bicyclic) bond motifs is 2. The van der Waals surface area contributed by atoms with Crippen LogP contribution in [0.25, 0.3) is 0 Å². The molecule has 0 unspecified atom stereocenters. The summed E-state index contributed by atoms with van der Waals surface area (Å²) >= 11 is 0. The van der Waals surface area contributed by atoms with Gasteiger partial charge in [-0.05, 0) is 25.2 Å². The van der Waals surface area contributed by atoms with Gasteiger partial charge in [-0.25, -0.2) is 0 Å². The van der Waals surface area contributed by atoms with E-state index in [1.807, 2.05) is 0 Å². The van der Waals surface area contributed by atoms with Gasteiger partial charge in [0.05, 0.1) is 0 Å². The van der Waals surface area contributed by atoms with Gasteiger partial charge in [-0.2, -0.15) is 0 Å². The Balaban J connectivity index is 2.34. The molecule has 0 N–H and O–H groups in total. The molecule has 0 heterocycles. The minimum atomic E-state index is 0.0307. The third-order valence-corrected chi connectivity index (χ3v) is 3.46. The second kappa shape index (κ2) is 1.63. The zero-order valence-corrected chi connectivity index (χ0v) is 6.68.